The van der Waals surface area contributed by atoms with Gasteiger partial charge in [0, 0.05) is 33.2 Å². The van der Waals surface area contributed by atoms with E-state index in [1.165, 1.54) is 60.7 Å². The highest BCUT2D eigenvalue weighted by Gasteiger charge is 2.35. The van der Waals surface area contributed by atoms with Crippen LogP contribution in [-0.2, 0) is 5.41 Å². The predicted molar refractivity (Wildman–Crippen MR) is 214 cm³/mol. The smallest absolute Gasteiger partial charge is 0.136 e. The maximum Gasteiger partial charge on any atom is 0.136 e. The summed E-state index contributed by atoms with van der Waals surface area (Å²) in [6, 6.07) is 63.7. The third-order valence-corrected chi connectivity index (χ3v) is 10.9. The van der Waals surface area contributed by atoms with E-state index in [2.05, 4.69) is 183 Å². The van der Waals surface area contributed by atoms with Crippen LogP contribution in [0.15, 0.2) is 180 Å². The zero-order chi connectivity index (χ0) is 34.1. The normalized spacial score (nSPS) is 13.1. The van der Waals surface area contributed by atoms with Gasteiger partial charge in [0.2, 0.25) is 0 Å². The van der Waals surface area contributed by atoms with E-state index in [9.17, 15) is 0 Å². The van der Waals surface area contributed by atoms with Gasteiger partial charge in [0.1, 0.15) is 11.2 Å². The number of hydrogen-bond donors (Lipinski definition) is 0. The number of rotatable bonds is 5. The van der Waals surface area contributed by atoms with Crippen LogP contribution in [0.25, 0.3) is 66.1 Å². The zero-order valence-electron chi connectivity index (χ0n) is 28.6. The van der Waals surface area contributed by atoms with Crippen LogP contribution in [0.1, 0.15) is 25.0 Å². The fourth-order valence-electron chi connectivity index (χ4n) is 8.27. The average Bonchev–Trinajstić information content (AvgIpc) is 3.68. The lowest BCUT2D eigenvalue weighted by molar-refractivity contribution is 0.660. The van der Waals surface area contributed by atoms with E-state index in [4.69, 9.17) is 4.42 Å². The minimum Gasteiger partial charge on any atom is -0.456 e. The Morgan fingerprint density at radius 1 is 0.412 bits per heavy atom. The molecule has 1 aromatic heterocycles. The molecule has 242 valence electrons. The number of benzene rings is 8. The summed E-state index contributed by atoms with van der Waals surface area (Å²) in [6.07, 6.45) is 0. The first kappa shape index (κ1) is 29.5. The molecule has 0 unspecified atom stereocenters. The molecule has 10 rings (SSSR count). The van der Waals surface area contributed by atoms with E-state index < -0.39 is 0 Å². The first-order chi connectivity index (χ1) is 25.0. The van der Waals surface area contributed by atoms with Gasteiger partial charge < -0.3 is 9.32 Å². The number of fused-ring (bicyclic) bond motifs is 8. The molecule has 2 nitrogen and oxygen atoms in total. The molecular weight excluding hydrogens is 619 g/mol. The number of anilines is 3. The number of para-hydroxylation sites is 2. The molecule has 0 atom stereocenters. The lowest BCUT2D eigenvalue weighted by Gasteiger charge is -2.27. The number of furan rings is 1. The van der Waals surface area contributed by atoms with Gasteiger partial charge in [0.05, 0.1) is 0 Å². The van der Waals surface area contributed by atoms with Crippen molar-refractivity contribution >= 4 is 49.8 Å². The molecule has 0 amide bonds. The van der Waals surface area contributed by atoms with Crippen LogP contribution in [0.2, 0.25) is 0 Å². The molecule has 0 saturated carbocycles. The molecule has 8 aromatic carbocycles. The summed E-state index contributed by atoms with van der Waals surface area (Å²) >= 11 is 0. The first-order valence-corrected chi connectivity index (χ1v) is 17.7. The van der Waals surface area contributed by atoms with Gasteiger partial charge in [0.25, 0.3) is 0 Å². The lowest BCUT2D eigenvalue weighted by atomic mass is 9.82. The minimum atomic E-state index is -0.0270. The van der Waals surface area contributed by atoms with E-state index in [0.29, 0.717) is 0 Å². The van der Waals surface area contributed by atoms with Crippen LogP contribution >= 0.6 is 0 Å². The SMILES string of the molecule is CC1(C)c2ccccc2-c2cc(N(c3ccccc3)c3cccc(-c4ccc(-c5ccc6ccc7oc8ccccc8c7c6c5)cc4)c3)ccc21. The fraction of sp³-hybridized carbons (Fsp3) is 0.0612. The van der Waals surface area contributed by atoms with Crippen molar-refractivity contribution in [3.8, 4) is 33.4 Å². The Labute approximate surface area is 297 Å². The summed E-state index contributed by atoms with van der Waals surface area (Å²) in [5.74, 6) is 0. The van der Waals surface area contributed by atoms with Gasteiger partial charge in [-0.05, 0) is 110 Å². The molecule has 0 radical (unpaired) electrons. The van der Waals surface area contributed by atoms with Crippen LogP contribution in [0, 0.1) is 0 Å². The predicted octanol–water partition coefficient (Wildman–Crippen LogP) is 13.8. The monoisotopic (exact) mass is 653 g/mol. The zero-order valence-corrected chi connectivity index (χ0v) is 28.6. The van der Waals surface area contributed by atoms with E-state index in [1.807, 2.05) is 12.1 Å². The van der Waals surface area contributed by atoms with Gasteiger partial charge >= 0.3 is 0 Å². The van der Waals surface area contributed by atoms with Crippen molar-refractivity contribution in [2.45, 2.75) is 19.3 Å². The van der Waals surface area contributed by atoms with E-state index in [0.717, 1.165) is 33.6 Å². The quantitative estimate of drug-likeness (QED) is 0.184. The number of nitrogens with zero attached hydrogens (tertiary/aromatic N) is 1. The van der Waals surface area contributed by atoms with Crippen LogP contribution in [0.3, 0.4) is 0 Å². The van der Waals surface area contributed by atoms with E-state index in [-0.39, 0.29) is 5.41 Å². The standard InChI is InChI=1S/C49H35NO/c1-49(2)44-17-8-6-15-40(44)43-31-39(26-27-45(43)49)50(37-12-4-3-5-13-37)38-14-10-11-35(29-38)32-19-21-33(22-20-32)36-24-23-34-25-28-47-48(42(34)30-36)41-16-7-9-18-46(41)51-47/h3-31H,1-2H3. The summed E-state index contributed by atoms with van der Waals surface area (Å²) in [5, 5.41) is 4.76. The van der Waals surface area contributed by atoms with Crippen molar-refractivity contribution in [1.29, 1.82) is 0 Å². The Morgan fingerprint density at radius 2 is 1.06 bits per heavy atom. The second-order valence-corrected chi connectivity index (χ2v) is 14.2. The Kier molecular flexibility index (Phi) is 6.56. The largest absolute Gasteiger partial charge is 0.456 e. The van der Waals surface area contributed by atoms with Crippen LogP contribution in [-0.4, -0.2) is 0 Å². The number of hydrogen-bond acceptors (Lipinski definition) is 2. The molecule has 1 heterocycles. The van der Waals surface area contributed by atoms with E-state index in [1.54, 1.807) is 0 Å². The Morgan fingerprint density at radius 3 is 1.90 bits per heavy atom. The lowest BCUT2D eigenvalue weighted by Crippen LogP contribution is -2.15. The van der Waals surface area contributed by atoms with Crippen molar-refractivity contribution in [2.75, 3.05) is 4.90 Å². The van der Waals surface area contributed by atoms with Crippen LogP contribution < -0.4 is 4.90 Å². The molecule has 0 bridgehead atoms. The van der Waals surface area contributed by atoms with Gasteiger partial charge in [-0.2, -0.15) is 0 Å². The van der Waals surface area contributed by atoms with Crippen molar-refractivity contribution < 1.29 is 4.42 Å². The molecule has 2 heteroatoms. The third-order valence-electron chi connectivity index (χ3n) is 10.9. The highest BCUT2D eigenvalue weighted by atomic mass is 16.3. The molecule has 0 N–H and O–H groups in total. The Hall–Kier alpha value is -6.38. The summed E-state index contributed by atoms with van der Waals surface area (Å²) in [7, 11) is 0. The second kappa shape index (κ2) is 11.3. The molecule has 0 aliphatic heterocycles. The van der Waals surface area contributed by atoms with Gasteiger partial charge in [0.15, 0.2) is 0 Å². The van der Waals surface area contributed by atoms with Crippen molar-refractivity contribution in [3.63, 3.8) is 0 Å². The maximum atomic E-state index is 6.19. The van der Waals surface area contributed by atoms with Crippen LogP contribution in [0.4, 0.5) is 17.1 Å². The molecular formula is C49H35NO. The van der Waals surface area contributed by atoms with Gasteiger partial charge in [-0.15, -0.1) is 0 Å². The molecule has 1 aliphatic rings. The highest BCUT2D eigenvalue weighted by Crippen LogP contribution is 2.50. The Bertz CT molecular complexity index is 2770. The van der Waals surface area contributed by atoms with Gasteiger partial charge in [-0.3, -0.25) is 0 Å². The average molecular weight is 654 g/mol. The molecule has 1 aliphatic carbocycles. The maximum absolute atomic E-state index is 6.19. The molecule has 0 spiro atoms. The van der Waals surface area contributed by atoms with Crippen molar-refractivity contribution in [3.05, 3.63) is 187 Å². The van der Waals surface area contributed by atoms with Crippen molar-refractivity contribution in [2.24, 2.45) is 0 Å². The molecule has 9 aromatic rings. The fourth-order valence-corrected chi connectivity index (χ4v) is 8.27. The Balaban J connectivity index is 1.03. The molecule has 51 heavy (non-hydrogen) atoms. The summed E-state index contributed by atoms with van der Waals surface area (Å²) in [6.45, 7) is 4.67. The third kappa shape index (κ3) is 4.71. The van der Waals surface area contributed by atoms with Gasteiger partial charge in [-0.1, -0.05) is 135 Å². The summed E-state index contributed by atoms with van der Waals surface area (Å²) in [4.78, 5) is 2.38. The first-order valence-electron chi connectivity index (χ1n) is 17.7. The van der Waals surface area contributed by atoms with Gasteiger partial charge in [-0.25, -0.2) is 0 Å². The second-order valence-electron chi connectivity index (χ2n) is 14.2. The van der Waals surface area contributed by atoms with E-state index >= 15 is 0 Å². The molecule has 0 saturated heterocycles. The van der Waals surface area contributed by atoms with Crippen LogP contribution in [0.5, 0.6) is 0 Å². The minimum absolute atomic E-state index is 0.0270. The topological polar surface area (TPSA) is 16.4 Å². The molecule has 0 fully saturated rings. The highest BCUT2D eigenvalue weighted by molar-refractivity contribution is 6.19. The van der Waals surface area contributed by atoms with Crippen molar-refractivity contribution in [1.82, 2.24) is 0 Å². The summed E-state index contributed by atoms with van der Waals surface area (Å²) in [5.41, 5.74) is 15.4. The summed E-state index contributed by atoms with van der Waals surface area (Å²) < 4.78 is 6.19.